The van der Waals surface area contributed by atoms with Crippen LogP contribution in [-0.4, -0.2) is 56.2 Å². The van der Waals surface area contributed by atoms with E-state index < -0.39 is 0 Å². The first-order valence-electron chi connectivity index (χ1n) is 4.59. The van der Waals surface area contributed by atoms with Crippen molar-refractivity contribution in [2.24, 2.45) is 0 Å². The van der Waals surface area contributed by atoms with E-state index in [1.54, 1.807) is 7.11 Å². The number of hydrogen-bond acceptors (Lipinski definition) is 3. The summed E-state index contributed by atoms with van der Waals surface area (Å²) in [6, 6.07) is 0. The molecule has 71 valence electrons. The zero-order valence-electron chi connectivity index (χ0n) is 7.96. The number of nitrogens with zero attached hydrogens (tertiary/aromatic N) is 2. The predicted molar refractivity (Wildman–Crippen MR) is 49.9 cm³/mol. The summed E-state index contributed by atoms with van der Waals surface area (Å²) in [7, 11) is 5.67. The molecule has 0 aromatic carbocycles. The van der Waals surface area contributed by atoms with E-state index in [0.29, 0.717) is 0 Å². The molecule has 0 amide bonds. The van der Waals surface area contributed by atoms with Crippen LogP contribution in [0.4, 0.5) is 0 Å². The topological polar surface area (TPSA) is 15.7 Å². The lowest BCUT2D eigenvalue weighted by Gasteiger charge is -2.32. The monoisotopic (exact) mass is 171 g/mol. The zero-order chi connectivity index (χ0) is 8.81. The fraction of sp³-hybridized carbons (Fsp3) is 0.889. The van der Waals surface area contributed by atoms with Gasteiger partial charge >= 0.3 is 0 Å². The van der Waals surface area contributed by atoms with Crippen LogP contribution in [0.2, 0.25) is 0 Å². The molecule has 1 fully saturated rings. The van der Waals surface area contributed by atoms with Crippen molar-refractivity contribution in [1.82, 2.24) is 9.80 Å². The first kappa shape index (κ1) is 9.96. The summed E-state index contributed by atoms with van der Waals surface area (Å²) in [4.78, 5) is 4.60. The SMILES string of the molecule is [CH2]N1CCN(CCCOC)CC1. The van der Waals surface area contributed by atoms with Gasteiger partial charge in [0, 0.05) is 53.5 Å². The second-order valence-electron chi connectivity index (χ2n) is 3.31. The van der Waals surface area contributed by atoms with Crippen molar-refractivity contribution >= 4 is 0 Å². The highest BCUT2D eigenvalue weighted by molar-refractivity contribution is 4.70. The van der Waals surface area contributed by atoms with Gasteiger partial charge in [0.05, 0.1) is 0 Å². The minimum Gasteiger partial charge on any atom is -0.385 e. The highest BCUT2D eigenvalue weighted by Gasteiger charge is 2.12. The Labute approximate surface area is 75.3 Å². The summed E-state index contributed by atoms with van der Waals surface area (Å²) in [5.41, 5.74) is 0. The Balaban J connectivity index is 2.01. The zero-order valence-corrected chi connectivity index (χ0v) is 7.96. The number of piperazine rings is 1. The molecule has 1 rings (SSSR count). The van der Waals surface area contributed by atoms with Crippen LogP contribution in [0, 0.1) is 7.05 Å². The lowest BCUT2D eigenvalue weighted by atomic mass is 10.3. The molecule has 1 heterocycles. The third-order valence-electron chi connectivity index (χ3n) is 2.29. The van der Waals surface area contributed by atoms with E-state index in [2.05, 4.69) is 16.8 Å². The van der Waals surface area contributed by atoms with Gasteiger partial charge in [-0.15, -0.1) is 0 Å². The van der Waals surface area contributed by atoms with Crippen LogP contribution < -0.4 is 0 Å². The van der Waals surface area contributed by atoms with Crippen LogP contribution in [-0.2, 0) is 4.74 Å². The van der Waals surface area contributed by atoms with Crippen molar-refractivity contribution in [3.63, 3.8) is 0 Å². The third kappa shape index (κ3) is 3.52. The normalized spacial score (nSPS) is 21.5. The third-order valence-corrected chi connectivity index (χ3v) is 2.29. The Hall–Kier alpha value is -0.120. The fourth-order valence-electron chi connectivity index (χ4n) is 1.45. The van der Waals surface area contributed by atoms with Crippen molar-refractivity contribution in [2.45, 2.75) is 6.42 Å². The maximum Gasteiger partial charge on any atom is 0.0474 e. The van der Waals surface area contributed by atoms with Crippen molar-refractivity contribution < 1.29 is 4.74 Å². The number of methoxy groups -OCH3 is 1. The molecule has 0 aliphatic carbocycles. The van der Waals surface area contributed by atoms with Gasteiger partial charge in [-0.1, -0.05) is 0 Å². The Morgan fingerprint density at radius 3 is 2.50 bits per heavy atom. The Kier molecular flexibility index (Phi) is 4.58. The molecule has 0 bridgehead atoms. The van der Waals surface area contributed by atoms with Gasteiger partial charge in [0.1, 0.15) is 0 Å². The molecule has 0 aromatic rings. The smallest absolute Gasteiger partial charge is 0.0474 e. The first-order valence-corrected chi connectivity index (χ1v) is 4.59. The summed E-state index contributed by atoms with van der Waals surface area (Å²) in [5, 5.41) is 0. The first-order chi connectivity index (χ1) is 5.83. The van der Waals surface area contributed by atoms with Gasteiger partial charge in [-0.3, -0.25) is 4.90 Å². The van der Waals surface area contributed by atoms with E-state index in [-0.39, 0.29) is 0 Å². The van der Waals surface area contributed by atoms with Gasteiger partial charge in [0.25, 0.3) is 0 Å². The maximum atomic E-state index is 5.00. The summed E-state index contributed by atoms with van der Waals surface area (Å²) >= 11 is 0. The van der Waals surface area contributed by atoms with Gasteiger partial charge in [0.15, 0.2) is 0 Å². The van der Waals surface area contributed by atoms with Crippen molar-refractivity contribution in [3.8, 4) is 0 Å². The quantitative estimate of drug-likeness (QED) is 0.571. The van der Waals surface area contributed by atoms with Crippen LogP contribution in [0.1, 0.15) is 6.42 Å². The number of hydrogen-bond donors (Lipinski definition) is 0. The van der Waals surface area contributed by atoms with Crippen molar-refractivity contribution in [1.29, 1.82) is 0 Å². The molecule has 1 saturated heterocycles. The summed E-state index contributed by atoms with van der Waals surface area (Å²) < 4.78 is 5.00. The Morgan fingerprint density at radius 2 is 1.92 bits per heavy atom. The Bertz CT molecular complexity index is 111. The van der Waals surface area contributed by atoms with Gasteiger partial charge in [0.2, 0.25) is 0 Å². The van der Waals surface area contributed by atoms with Crippen LogP contribution in [0.3, 0.4) is 0 Å². The van der Waals surface area contributed by atoms with Crippen LogP contribution in [0.25, 0.3) is 0 Å². The molecular formula is C9H19N2O. The van der Waals surface area contributed by atoms with E-state index in [0.717, 1.165) is 39.2 Å². The summed E-state index contributed by atoms with van der Waals surface area (Å²) in [6.45, 7) is 6.58. The average Bonchev–Trinajstić information content (AvgIpc) is 2.09. The van der Waals surface area contributed by atoms with Crippen LogP contribution >= 0.6 is 0 Å². The molecule has 12 heavy (non-hydrogen) atoms. The van der Waals surface area contributed by atoms with Crippen LogP contribution in [0.5, 0.6) is 0 Å². The minimum atomic E-state index is 0.880. The fourth-order valence-corrected chi connectivity index (χ4v) is 1.45. The van der Waals surface area contributed by atoms with Gasteiger partial charge in [-0.25, -0.2) is 0 Å². The molecule has 1 aliphatic rings. The van der Waals surface area contributed by atoms with E-state index in [9.17, 15) is 0 Å². The van der Waals surface area contributed by atoms with Gasteiger partial charge in [-0.05, 0) is 6.42 Å². The molecular weight excluding hydrogens is 152 g/mol. The molecule has 0 N–H and O–H groups in total. The van der Waals surface area contributed by atoms with E-state index in [1.165, 1.54) is 6.54 Å². The minimum absolute atomic E-state index is 0.880. The van der Waals surface area contributed by atoms with Crippen molar-refractivity contribution in [3.05, 3.63) is 7.05 Å². The highest BCUT2D eigenvalue weighted by Crippen LogP contribution is 2.00. The second kappa shape index (κ2) is 5.51. The molecule has 0 unspecified atom stereocenters. The molecule has 0 aromatic heterocycles. The number of rotatable bonds is 4. The Morgan fingerprint density at radius 1 is 1.25 bits per heavy atom. The molecule has 0 atom stereocenters. The number of ether oxygens (including phenoxy) is 1. The maximum absolute atomic E-state index is 5.00. The lowest BCUT2D eigenvalue weighted by molar-refractivity contribution is 0.138. The lowest BCUT2D eigenvalue weighted by Crippen LogP contribution is -2.44. The van der Waals surface area contributed by atoms with Gasteiger partial charge < -0.3 is 9.64 Å². The molecule has 0 spiro atoms. The molecule has 1 radical (unpaired) electrons. The molecule has 3 nitrogen and oxygen atoms in total. The van der Waals surface area contributed by atoms with Gasteiger partial charge in [-0.2, -0.15) is 0 Å². The predicted octanol–water partition coefficient (Wildman–Crippen LogP) is 0.432. The molecule has 3 heteroatoms. The van der Waals surface area contributed by atoms with Crippen molar-refractivity contribution in [2.75, 3.05) is 46.4 Å². The highest BCUT2D eigenvalue weighted by atomic mass is 16.5. The molecule has 0 saturated carbocycles. The second-order valence-corrected chi connectivity index (χ2v) is 3.31. The standard InChI is InChI=1S/C9H19N2O/c1-10-5-7-11(8-6-10)4-3-9-12-2/h1,3-9H2,2H3. The summed E-state index contributed by atoms with van der Waals surface area (Å²) in [6.07, 6.45) is 1.15. The summed E-state index contributed by atoms with van der Waals surface area (Å²) in [5.74, 6) is 0. The van der Waals surface area contributed by atoms with E-state index >= 15 is 0 Å². The van der Waals surface area contributed by atoms with Crippen LogP contribution in [0.15, 0.2) is 0 Å². The molecule has 1 aliphatic heterocycles. The largest absolute Gasteiger partial charge is 0.385 e. The average molecular weight is 171 g/mol. The van der Waals surface area contributed by atoms with E-state index in [4.69, 9.17) is 4.74 Å². The van der Waals surface area contributed by atoms with E-state index in [1.807, 2.05) is 0 Å².